The van der Waals surface area contributed by atoms with Gasteiger partial charge in [-0.1, -0.05) is 17.7 Å². The average Bonchev–Trinajstić information content (AvgIpc) is 3.22. The van der Waals surface area contributed by atoms with Gasteiger partial charge in [0.15, 0.2) is 5.96 Å². The fourth-order valence-electron chi connectivity index (χ4n) is 3.46. The van der Waals surface area contributed by atoms with Crippen molar-refractivity contribution in [3.63, 3.8) is 0 Å². The maximum absolute atomic E-state index is 5.64. The van der Waals surface area contributed by atoms with Crippen LogP contribution in [0.25, 0.3) is 0 Å². The second-order valence-corrected chi connectivity index (χ2v) is 8.04. The molecule has 0 saturated carbocycles. The van der Waals surface area contributed by atoms with Crippen molar-refractivity contribution in [3.05, 3.63) is 29.8 Å². The standard InChI is InChI=1S/C19H29N3OS.HI/c1-3-20-18(22-11-8-19(14-22)9-12-23-15-19)21-10-13-24-17-6-4-16(2)5-7-17;/h4-7H,3,8-15H2,1-2H3,(H,20,21);1H. The summed E-state index contributed by atoms with van der Waals surface area (Å²) in [7, 11) is 0. The fourth-order valence-corrected chi connectivity index (χ4v) is 4.21. The lowest BCUT2D eigenvalue weighted by Gasteiger charge is -2.24. The monoisotopic (exact) mass is 475 g/mol. The normalized spacial score (nSPS) is 23.1. The number of nitrogens with one attached hydrogen (secondary N) is 1. The van der Waals surface area contributed by atoms with Gasteiger partial charge >= 0.3 is 0 Å². The first-order valence-corrected chi connectivity index (χ1v) is 10.00. The maximum Gasteiger partial charge on any atom is 0.193 e. The average molecular weight is 475 g/mol. The number of nitrogens with zero attached hydrogens (tertiary/aromatic N) is 2. The fraction of sp³-hybridized carbons (Fsp3) is 0.632. The lowest BCUT2D eigenvalue weighted by molar-refractivity contribution is 0.156. The van der Waals surface area contributed by atoms with Gasteiger partial charge in [-0.05, 0) is 38.8 Å². The van der Waals surface area contributed by atoms with Crippen LogP contribution >= 0.6 is 35.7 Å². The number of ether oxygens (including phenoxy) is 1. The maximum atomic E-state index is 5.64. The molecule has 0 radical (unpaired) electrons. The van der Waals surface area contributed by atoms with E-state index in [9.17, 15) is 0 Å². The summed E-state index contributed by atoms with van der Waals surface area (Å²) >= 11 is 1.88. The molecule has 1 N–H and O–H groups in total. The van der Waals surface area contributed by atoms with Crippen LogP contribution in [0.3, 0.4) is 0 Å². The molecular formula is C19H30IN3OS. The molecular weight excluding hydrogens is 445 g/mol. The Balaban J connectivity index is 0.00000225. The summed E-state index contributed by atoms with van der Waals surface area (Å²) in [6.07, 6.45) is 2.43. The van der Waals surface area contributed by atoms with E-state index in [0.717, 1.165) is 51.1 Å². The molecule has 0 bridgehead atoms. The number of rotatable bonds is 5. The highest BCUT2D eigenvalue weighted by molar-refractivity contribution is 14.0. The Hall–Kier alpha value is -0.470. The predicted molar refractivity (Wildman–Crippen MR) is 117 cm³/mol. The molecule has 0 aliphatic carbocycles. The van der Waals surface area contributed by atoms with Gasteiger partial charge in [0.25, 0.3) is 0 Å². The Labute approximate surface area is 173 Å². The van der Waals surface area contributed by atoms with Crippen LogP contribution < -0.4 is 5.32 Å². The summed E-state index contributed by atoms with van der Waals surface area (Å²) in [5.41, 5.74) is 1.69. The zero-order chi connectivity index (χ0) is 16.8. The summed E-state index contributed by atoms with van der Waals surface area (Å²) in [5, 5.41) is 3.46. The SMILES string of the molecule is CCNC(=NCCSc1ccc(C)cc1)N1CCC2(CCOC2)C1.I. The van der Waals surface area contributed by atoms with Crippen LogP contribution in [-0.4, -0.2) is 56.0 Å². The Morgan fingerprint density at radius 1 is 1.32 bits per heavy atom. The Morgan fingerprint density at radius 3 is 2.80 bits per heavy atom. The summed E-state index contributed by atoms with van der Waals surface area (Å²) in [5.74, 6) is 2.09. The predicted octanol–water partition coefficient (Wildman–Crippen LogP) is 3.78. The smallest absolute Gasteiger partial charge is 0.193 e. The van der Waals surface area contributed by atoms with E-state index in [1.807, 2.05) is 11.8 Å². The van der Waals surface area contributed by atoms with E-state index in [-0.39, 0.29) is 24.0 Å². The molecule has 1 spiro atoms. The number of thioether (sulfide) groups is 1. The number of guanidine groups is 1. The van der Waals surface area contributed by atoms with E-state index < -0.39 is 0 Å². The number of aliphatic imine (C=N–C) groups is 1. The van der Waals surface area contributed by atoms with Crippen LogP contribution in [0.4, 0.5) is 0 Å². The van der Waals surface area contributed by atoms with Gasteiger partial charge in [0.2, 0.25) is 0 Å². The van der Waals surface area contributed by atoms with Gasteiger partial charge in [-0.25, -0.2) is 0 Å². The van der Waals surface area contributed by atoms with Gasteiger partial charge in [0.1, 0.15) is 0 Å². The minimum atomic E-state index is 0. The second kappa shape index (κ2) is 10.0. The van der Waals surface area contributed by atoms with Crippen molar-refractivity contribution >= 4 is 41.7 Å². The minimum Gasteiger partial charge on any atom is -0.381 e. The van der Waals surface area contributed by atoms with Gasteiger partial charge in [-0.15, -0.1) is 35.7 Å². The summed E-state index contributed by atoms with van der Waals surface area (Å²) in [4.78, 5) is 8.60. The lowest BCUT2D eigenvalue weighted by Crippen LogP contribution is -2.41. The number of hydrogen-bond acceptors (Lipinski definition) is 3. The topological polar surface area (TPSA) is 36.9 Å². The Bertz CT molecular complexity index is 558. The van der Waals surface area contributed by atoms with Gasteiger partial charge in [0, 0.05) is 42.3 Å². The molecule has 1 atom stereocenters. The zero-order valence-corrected chi connectivity index (χ0v) is 18.4. The highest BCUT2D eigenvalue weighted by atomic mass is 127. The molecule has 6 heteroatoms. The molecule has 2 saturated heterocycles. The van der Waals surface area contributed by atoms with Gasteiger partial charge < -0.3 is 15.0 Å². The van der Waals surface area contributed by atoms with Crippen molar-refractivity contribution in [1.29, 1.82) is 0 Å². The molecule has 2 aliphatic heterocycles. The summed E-state index contributed by atoms with van der Waals surface area (Å²) < 4.78 is 5.64. The van der Waals surface area contributed by atoms with Crippen LogP contribution in [0.15, 0.2) is 34.2 Å². The third kappa shape index (κ3) is 5.76. The van der Waals surface area contributed by atoms with Crippen molar-refractivity contribution in [2.75, 3.05) is 45.1 Å². The van der Waals surface area contributed by atoms with Crippen molar-refractivity contribution < 1.29 is 4.74 Å². The molecule has 140 valence electrons. The molecule has 1 aromatic carbocycles. The molecule has 25 heavy (non-hydrogen) atoms. The summed E-state index contributed by atoms with van der Waals surface area (Å²) in [6.45, 7) is 10.1. The highest BCUT2D eigenvalue weighted by Crippen LogP contribution is 2.38. The van der Waals surface area contributed by atoms with E-state index in [1.54, 1.807) is 0 Å². The quantitative estimate of drug-likeness (QED) is 0.231. The molecule has 4 nitrogen and oxygen atoms in total. The molecule has 0 amide bonds. The molecule has 2 fully saturated rings. The molecule has 2 heterocycles. The second-order valence-electron chi connectivity index (χ2n) is 6.87. The van der Waals surface area contributed by atoms with Crippen molar-refractivity contribution in [3.8, 4) is 0 Å². The Kier molecular flexibility index (Phi) is 8.35. The molecule has 1 aromatic rings. The van der Waals surface area contributed by atoms with E-state index >= 15 is 0 Å². The number of benzene rings is 1. The van der Waals surface area contributed by atoms with Crippen LogP contribution in [0.2, 0.25) is 0 Å². The molecule has 1 unspecified atom stereocenters. The van der Waals surface area contributed by atoms with Crippen molar-refractivity contribution in [1.82, 2.24) is 10.2 Å². The van der Waals surface area contributed by atoms with Crippen molar-refractivity contribution in [2.24, 2.45) is 10.4 Å². The lowest BCUT2D eigenvalue weighted by atomic mass is 9.87. The third-order valence-electron chi connectivity index (χ3n) is 4.90. The largest absolute Gasteiger partial charge is 0.381 e. The van der Waals surface area contributed by atoms with E-state index in [2.05, 4.69) is 48.3 Å². The summed E-state index contributed by atoms with van der Waals surface area (Å²) in [6, 6.07) is 8.73. The number of hydrogen-bond donors (Lipinski definition) is 1. The van der Waals surface area contributed by atoms with Crippen LogP contribution in [-0.2, 0) is 4.74 Å². The minimum absolute atomic E-state index is 0. The highest BCUT2D eigenvalue weighted by Gasteiger charge is 2.42. The van der Waals surface area contributed by atoms with Crippen LogP contribution in [0, 0.1) is 12.3 Å². The molecule has 0 aromatic heterocycles. The third-order valence-corrected chi connectivity index (χ3v) is 5.89. The molecule has 3 rings (SSSR count). The first kappa shape index (κ1) is 20.8. The zero-order valence-electron chi connectivity index (χ0n) is 15.3. The van der Waals surface area contributed by atoms with Gasteiger partial charge in [-0.3, -0.25) is 4.99 Å². The number of aryl methyl sites for hydroxylation is 1. The molecule has 2 aliphatic rings. The first-order chi connectivity index (χ1) is 11.7. The number of likely N-dealkylation sites (tertiary alicyclic amines) is 1. The van der Waals surface area contributed by atoms with Crippen molar-refractivity contribution in [2.45, 2.75) is 31.6 Å². The van der Waals surface area contributed by atoms with E-state index in [4.69, 9.17) is 9.73 Å². The van der Waals surface area contributed by atoms with Gasteiger partial charge in [0.05, 0.1) is 13.2 Å². The van der Waals surface area contributed by atoms with Crippen LogP contribution in [0.5, 0.6) is 0 Å². The first-order valence-electron chi connectivity index (χ1n) is 9.01. The van der Waals surface area contributed by atoms with Crippen LogP contribution in [0.1, 0.15) is 25.3 Å². The Morgan fingerprint density at radius 2 is 2.12 bits per heavy atom. The van der Waals surface area contributed by atoms with E-state index in [1.165, 1.54) is 23.3 Å². The number of halogens is 1. The van der Waals surface area contributed by atoms with Gasteiger partial charge in [-0.2, -0.15) is 0 Å². The van der Waals surface area contributed by atoms with E-state index in [0.29, 0.717) is 5.41 Å².